The fourth-order valence-electron chi connectivity index (χ4n) is 2.21. The van der Waals surface area contributed by atoms with Gasteiger partial charge in [0.05, 0.1) is 12.7 Å². The number of methoxy groups -OCH3 is 1. The third-order valence-corrected chi connectivity index (χ3v) is 3.21. The van der Waals surface area contributed by atoms with E-state index in [0.29, 0.717) is 13.0 Å². The van der Waals surface area contributed by atoms with Gasteiger partial charge in [0.15, 0.2) is 0 Å². The molecular weight excluding hydrogens is 238 g/mol. The molecule has 0 aliphatic rings. The molecule has 0 heterocycles. The summed E-state index contributed by atoms with van der Waals surface area (Å²) in [7, 11) is 1.60. The van der Waals surface area contributed by atoms with E-state index in [1.165, 1.54) is 16.3 Å². The van der Waals surface area contributed by atoms with Gasteiger partial charge in [-0.3, -0.25) is 0 Å². The van der Waals surface area contributed by atoms with E-state index in [2.05, 4.69) is 47.8 Å². The van der Waals surface area contributed by atoms with Crippen molar-refractivity contribution in [2.45, 2.75) is 19.1 Å². The molecule has 102 valence electrons. The molecule has 3 nitrogen and oxygen atoms in total. The number of benzene rings is 2. The molecule has 0 amide bonds. The molecule has 1 unspecified atom stereocenters. The summed E-state index contributed by atoms with van der Waals surface area (Å²) in [5, 5.41) is 15.5. The van der Waals surface area contributed by atoms with Crippen LogP contribution in [0.1, 0.15) is 12.0 Å². The number of aliphatic hydroxyl groups is 1. The number of aliphatic hydroxyl groups excluding tert-OH is 1. The number of ether oxygens (including phenoxy) is 1. The van der Waals surface area contributed by atoms with Gasteiger partial charge < -0.3 is 15.2 Å². The minimum atomic E-state index is -0.384. The number of fused-ring (bicyclic) bond motifs is 1. The summed E-state index contributed by atoms with van der Waals surface area (Å²) in [6, 6.07) is 14.7. The fourth-order valence-corrected chi connectivity index (χ4v) is 2.21. The van der Waals surface area contributed by atoms with Crippen LogP contribution in [0.4, 0.5) is 0 Å². The van der Waals surface area contributed by atoms with Crippen molar-refractivity contribution in [2.75, 3.05) is 20.3 Å². The molecule has 0 aliphatic carbocycles. The van der Waals surface area contributed by atoms with E-state index in [1.807, 2.05) is 0 Å². The number of hydrogen-bond acceptors (Lipinski definition) is 3. The lowest BCUT2D eigenvalue weighted by atomic mass is 10.0. The summed E-state index contributed by atoms with van der Waals surface area (Å²) in [6.07, 6.45) is 0.323. The number of nitrogens with one attached hydrogen (secondary N) is 1. The summed E-state index contributed by atoms with van der Waals surface area (Å²) >= 11 is 0. The Hall–Kier alpha value is -1.42. The average Bonchev–Trinajstić information content (AvgIpc) is 2.44. The molecule has 2 N–H and O–H groups in total. The van der Waals surface area contributed by atoms with Crippen LogP contribution in [0.25, 0.3) is 10.8 Å². The van der Waals surface area contributed by atoms with E-state index in [1.54, 1.807) is 7.11 Å². The van der Waals surface area contributed by atoms with Crippen molar-refractivity contribution < 1.29 is 9.84 Å². The first-order chi connectivity index (χ1) is 9.31. The molecule has 2 aromatic carbocycles. The van der Waals surface area contributed by atoms with Crippen LogP contribution in [-0.2, 0) is 11.3 Å². The van der Waals surface area contributed by atoms with Crippen LogP contribution in [0.15, 0.2) is 42.5 Å². The normalized spacial score (nSPS) is 12.7. The maximum absolute atomic E-state index is 9.55. The number of rotatable bonds is 7. The molecule has 19 heavy (non-hydrogen) atoms. The molecule has 2 rings (SSSR count). The largest absolute Gasteiger partial charge is 0.391 e. The minimum absolute atomic E-state index is 0.384. The second-order valence-corrected chi connectivity index (χ2v) is 4.71. The smallest absolute Gasteiger partial charge is 0.0785 e. The van der Waals surface area contributed by atoms with Gasteiger partial charge in [-0.15, -0.1) is 0 Å². The Labute approximate surface area is 114 Å². The first-order valence-corrected chi connectivity index (χ1v) is 6.65. The quantitative estimate of drug-likeness (QED) is 0.750. The van der Waals surface area contributed by atoms with Gasteiger partial charge in [0.2, 0.25) is 0 Å². The van der Waals surface area contributed by atoms with Gasteiger partial charge >= 0.3 is 0 Å². The van der Waals surface area contributed by atoms with Crippen molar-refractivity contribution in [3.05, 3.63) is 48.0 Å². The molecule has 0 spiro atoms. The van der Waals surface area contributed by atoms with Crippen LogP contribution < -0.4 is 5.32 Å². The molecule has 0 saturated carbocycles. The predicted octanol–water partition coefficient (Wildman–Crippen LogP) is 2.33. The van der Waals surface area contributed by atoms with Crippen molar-refractivity contribution in [1.82, 2.24) is 5.32 Å². The van der Waals surface area contributed by atoms with Crippen LogP contribution in [0.5, 0.6) is 0 Å². The Balaban J connectivity index is 1.88. The molecule has 0 aliphatic heterocycles. The highest BCUT2D eigenvalue weighted by Gasteiger charge is 2.03. The van der Waals surface area contributed by atoms with E-state index < -0.39 is 0 Å². The van der Waals surface area contributed by atoms with Gasteiger partial charge in [-0.25, -0.2) is 0 Å². The van der Waals surface area contributed by atoms with Crippen LogP contribution in [-0.4, -0.2) is 31.5 Å². The maximum Gasteiger partial charge on any atom is 0.0785 e. The van der Waals surface area contributed by atoms with Crippen molar-refractivity contribution in [1.29, 1.82) is 0 Å². The Bertz CT molecular complexity index is 508. The maximum atomic E-state index is 9.55. The summed E-state index contributed by atoms with van der Waals surface area (Å²) < 4.78 is 4.90. The van der Waals surface area contributed by atoms with Crippen molar-refractivity contribution >= 4 is 10.8 Å². The van der Waals surface area contributed by atoms with Crippen molar-refractivity contribution in [2.24, 2.45) is 0 Å². The lowest BCUT2D eigenvalue weighted by Crippen LogP contribution is -2.23. The summed E-state index contributed by atoms with van der Waals surface area (Å²) in [4.78, 5) is 0. The molecule has 0 fully saturated rings. The highest BCUT2D eigenvalue weighted by Crippen LogP contribution is 2.18. The first kappa shape index (κ1) is 14.0. The Morgan fingerprint density at radius 3 is 2.79 bits per heavy atom. The van der Waals surface area contributed by atoms with Crippen LogP contribution in [0, 0.1) is 0 Å². The van der Waals surface area contributed by atoms with Crippen molar-refractivity contribution in [3.8, 4) is 0 Å². The van der Waals surface area contributed by atoms with Crippen LogP contribution in [0.2, 0.25) is 0 Å². The van der Waals surface area contributed by atoms with Gasteiger partial charge in [-0.1, -0.05) is 42.5 Å². The molecule has 2 aromatic rings. The molecular formula is C16H21NO2. The molecule has 0 aromatic heterocycles. The fraction of sp³-hybridized carbons (Fsp3) is 0.375. The summed E-state index contributed by atoms with van der Waals surface area (Å²) in [5.41, 5.74) is 1.29. The first-order valence-electron chi connectivity index (χ1n) is 6.65. The van der Waals surface area contributed by atoms with Crippen LogP contribution >= 0.6 is 0 Å². The van der Waals surface area contributed by atoms with Gasteiger partial charge in [0.1, 0.15) is 0 Å². The molecule has 0 radical (unpaired) electrons. The summed E-state index contributed by atoms with van der Waals surface area (Å²) in [5.74, 6) is 0. The second-order valence-electron chi connectivity index (χ2n) is 4.71. The topological polar surface area (TPSA) is 41.5 Å². The molecule has 1 atom stereocenters. The SMILES string of the molecule is COCC(O)CCNCc1cccc2ccccc12. The highest BCUT2D eigenvalue weighted by molar-refractivity contribution is 5.85. The van der Waals surface area contributed by atoms with Crippen LogP contribution in [0.3, 0.4) is 0 Å². The molecule has 0 bridgehead atoms. The zero-order chi connectivity index (χ0) is 13.5. The minimum Gasteiger partial charge on any atom is -0.391 e. The monoisotopic (exact) mass is 259 g/mol. The standard InChI is InChI=1S/C16H21NO2/c1-19-12-15(18)9-10-17-11-14-7-4-6-13-5-2-3-8-16(13)14/h2-8,15,17-18H,9-12H2,1H3. The van der Waals surface area contributed by atoms with E-state index in [4.69, 9.17) is 4.74 Å². The van der Waals surface area contributed by atoms with Gasteiger partial charge in [0, 0.05) is 13.7 Å². The zero-order valence-electron chi connectivity index (χ0n) is 11.3. The van der Waals surface area contributed by atoms with Crippen molar-refractivity contribution in [3.63, 3.8) is 0 Å². The van der Waals surface area contributed by atoms with Gasteiger partial charge in [-0.05, 0) is 29.3 Å². The molecule has 0 saturated heterocycles. The van der Waals surface area contributed by atoms with E-state index in [-0.39, 0.29) is 6.10 Å². The Kier molecular flexibility index (Phi) is 5.33. The Morgan fingerprint density at radius 1 is 1.16 bits per heavy atom. The number of hydrogen-bond donors (Lipinski definition) is 2. The zero-order valence-corrected chi connectivity index (χ0v) is 11.3. The van der Waals surface area contributed by atoms with E-state index in [9.17, 15) is 5.11 Å². The molecule has 3 heteroatoms. The predicted molar refractivity (Wildman–Crippen MR) is 78.2 cm³/mol. The lowest BCUT2D eigenvalue weighted by Gasteiger charge is -2.11. The average molecular weight is 259 g/mol. The Morgan fingerprint density at radius 2 is 1.95 bits per heavy atom. The lowest BCUT2D eigenvalue weighted by molar-refractivity contribution is 0.0594. The third kappa shape index (κ3) is 4.03. The van der Waals surface area contributed by atoms with Gasteiger partial charge in [0.25, 0.3) is 0 Å². The summed E-state index contributed by atoms with van der Waals surface area (Å²) in [6.45, 7) is 2.00. The third-order valence-electron chi connectivity index (χ3n) is 3.21. The van der Waals surface area contributed by atoms with Gasteiger partial charge in [-0.2, -0.15) is 0 Å². The highest BCUT2D eigenvalue weighted by atomic mass is 16.5. The van der Waals surface area contributed by atoms with E-state index >= 15 is 0 Å². The second kappa shape index (κ2) is 7.24. The van der Waals surface area contributed by atoms with E-state index in [0.717, 1.165) is 13.1 Å².